The van der Waals surface area contributed by atoms with E-state index >= 15 is 0 Å². The first-order chi connectivity index (χ1) is 15.0. The average Bonchev–Trinajstić information content (AvgIpc) is 3.45. The molecule has 5 heterocycles. The number of sulfonamides is 1. The number of amides is 2. The third kappa shape index (κ3) is 3.22. The molecule has 1 aliphatic carbocycles. The van der Waals surface area contributed by atoms with Crippen molar-refractivity contribution in [2.45, 2.75) is 56.1 Å². The lowest BCUT2D eigenvalue weighted by atomic mass is 9.95. The summed E-state index contributed by atoms with van der Waals surface area (Å²) < 4.78 is 39.5. The Morgan fingerprint density at radius 2 is 1.90 bits per heavy atom. The number of fused-ring (bicyclic) bond motifs is 4. The standard InChI is InChI=1S/C22H25N3O5S/c26-22(23-20-16-3-1-2-14(16)10-18-17(20)6-9-29-18)24-31(27,28)19-11-15-12-25-7-4-13(5-8-25)21(15)30-19/h10-11,13H,1-9,12H2,(H2,23,24,26). The average molecular weight is 444 g/mol. The smallest absolute Gasteiger partial charge is 0.333 e. The van der Waals surface area contributed by atoms with Crippen LogP contribution in [0.2, 0.25) is 0 Å². The number of nitrogens with one attached hydrogen (secondary N) is 2. The van der Waals surface area contributed by atoms with Gasteiger partial charge in [-0.1, -0.05) is 0 Å². The summed E-state index contributed by atoms with van der Waals surface area (Å²) in [5, 5.41) is 2.62. The number of carbonyl (C=O) groups is 1. The van der Waals surface area contributed by atoms with E-state index in [4.69, 9.17) is 9.15 Å². The first kappa shape index (κ1) is 19.2. The summed E-state index contributed by atoms with van der Waals surface area (Å²) in [6.07, 6.45) is 5.47. The summed E-state index contributed by atoms with van der Waals surface area (Å²) in [4.78, 5) is 15.0. The molecule has 2 amide bonds. The van der Waals surface area contributed by atoms with Crippen molar-refractivity contribution >= 4 is 21.7 Å². The molecule has 1 fully saturated rings. The lowest BCUT2D eigenvalue weighted by Gasteiger charge is -2.26. The molecule has 4 aliphatic heterocycles. The van der Waals surface area contributed by atoms with Gasteiger partial charge in [0.1, 0.15) is 11.5 Å². The Bertz CT molecular complexity index is 1150. The molecule has 2 bridgehead atoms. The predicted octanol–water partition coefficient (Wildman–Crippen LogP) is 2.91. The Kier molecular flexibility index (Phi) is 4.33. The van der Waals surface area contributed by atoms with Crippen LogP contribution in [0, 0.1) is 0 Å². The van der Waals surface area contributed by atoms with Crippen molar-refractivity contribution in [1.82, 2.24) is 9.62 Å². The lowest BCUT2D eigenvalue weighted by Crippen LogP contribution is -2.34. The van der Waals surface area contributed by atoms with E-state index in [0.717, 1.165) is 73.4 Å². The van der Waals surface area contributed by atoms with Crippen molar-refractivity contribution in [3.05, 3.63) is 40.1 Å². The van der Waals surface area contributed by atoms with Crippen molar-refractivity contribution in [2.75, 3.05) is 25.0 Å². The zero-order valence-corrected chi connectivity index (χ0v) is 18.0. The van der Waals surface area contributed by atoms with Gasteiger partial charge in [-0.2, -0.15) is 8.42 Å². The Labute approximate surface area is 181 Å². The molecule has 2 N–H and O–H groups in total. The fourth-order valence-electron chi connectivity index (χ4n) is 5.48. The molecule has 1 saturated heterocycles. The van der Waals surface area contributed by atoms with Crippen LogP contribution in [0.4, 0.5) is 10.5 Å². The van der Waals surface area contributed by atoms with Crippen LogP contribution >= 0.6 is 0 Å². The molecule has 7 rings (SSSR count). The van der Waals surface area contributed by atoms with E-state index in [-0.39, 0.29) is 11.0 Å². The highest BCUT2D eigenvalue weighted by atomic mass is 32.2. The number of piperidine rings is 1. The van der Waals surface area contributed by atoms with Gasteiger partial charge in [0, 0.05) is 36.1 Å². The Hall–Kier alpha value is -2.52. The van der Waals surface area contributed by atoms with Crippen LogP contribution in [-0.4, -0.2) is 39.0 Å². The minimum absolute atomic E-state index is 0.187. The van der Waals surface area contributed by atoms with Gasteiger partial charge in [-0.25, -0.2) is 9.52 Å². The highest BCUT2D eigenvalue weighted by Crippen LogP contribution is 2.41. The molecule has 0 spiro atoms. The molecule has 0 atom stereocenters. The first-order valence-corrected chi connectivity index (χ1v) is 12.5. The van der Waals surface area contributed by atoms with Crippen LogP contribution < -0.4 is 14.8 Å². The van der Waals surface area contributed by atoms with Gasteiger partial charge in [0.05, 0.1) is 12.3 Å². The number of benzene rings is 1. The number of rotatable bonds is 3. The van der Waals surface area contributed by atoms with Gasteiger partial charge in [-0.05, 0) is 62.4 Å². The molecule has 164 valence electrons. The van der Waals surface area contributed by atoms with Crippen molar-refractivity contribution in [2.24, 2.45) is 0 Å². The second-order valence-electron chi connectivity index (χ2n) is 8.88. The molecule has 5 aliphatic rings. The van der Waals surface area contributed by atoms with E-state index in [0.29, 0.717) is 25.3 Å². The number of hydrogen-bond acceptors (Lipinski definition) is 6. The minimum atomic E-state index is -4.11. The Morgan fingerprint density at radius 1 is 1.06 bits per heavy atom. The molecule has 1 aromatic carbocycles. The van der Waals surface area contributed by atoms with E-state index in [1.807, 2.05) is 0 Å². The van der Waals surface area contributed by atoms with Gasteiger partial charge in [-0.15, -0.1) is 0 Å². The number of anilines is 1. The SMILES string of the molecule is O=C(Nc1c2c(cc3c1CCO3)CCC2)NS(=O)(=O)c1cc2c(o1)C1CCN(CC1)C2. The number of hydrogen-bond donors (Lipinski definition) is 2. The van der Waals surface area contributed by atoms with Gasteiger partial charge in [0.25, 0.3) is 10.0 Å². The largest absolute Gasteiger partial charge is 0.493 e. The van der Waals surface area contributed by atoms with Crippen molar-refractivity contribution in [3.63, 3.8) is 0 Å². The van der Waals surface area contributed by atoms with Crippen LogP contribution in [-0.2, 0) is 35.8 Å². The Balaban J connectivity index is 1.25. The topological polar surface area (TPSA) is 101 Å². The van der Waals surface area contributed by atoms with Crippen LogP contribution in [0.1, 0.15) is 53.2 Å². The zero-order chi connectivity index (χ0) is 21.2. The highest BCUT2D eigenvalue weighted by Gasteiger charge is 2.34. The number of aryl methyl sites for hydroxylation is 1. The summed E-state index contributed by atoms with van der Waals surface area (Å²) in [6.45, 7) is 3.28. The van der Waals surface area contributed by atoms with E-state index < -0.39 is 16.1 Å². The summed E-state index contributed by atoms with van der Waals surface area (Å²) in [7, 11) is -4.11. The molecule has 8 nitrogen and oxygen atoms in total. The quantitative estimate of drug-likeness (QED) is 0.757. The van der Waals surface area contributed by atoms with Gasteiger partial charge in [0.15, 0.2) is 0 Å². The van der Waals surface area contributed by atoms with Gasteiger partial charge >= 0.3 is 6.03 Å². The second-order valence-corrected chi connectivity index (χ2v) is 10.5. The van der Waals surface area contributed by atoms with Crippen molar-refractivity contribution in [1.29, 1.82) is 0 Å². The normalized spacial score (nSPS) is 23.5. The molecule has 0 radical (unpaired) electrons. The van der Waals surface area contributed by atoms with E-state index in [9.17, 15) is 13.2 Å². The fraction of sp³-hybridized carbons (Fsp3) is 0.500. The first-order valence-electron chi connectivity index (χ1n) is 11.0. The third-order valence-electron chi connectivity index (χ3n) is 6.98. The van der Waals surface area contributed by atoms with Gasteiger partial charge < -0.3 is 14.5 Å². The summed E-state index contributed by atoms with van der Waals surface area (Å²) in [5.74, 6) is 1.80. The maximum Gasteiger partial charge on any atom is 0.333 e. The monoisotopic (exact) mass is 443 g/mol. The maximum absolute atomic E-state index is 12.9. The number of ether oxygens (including phenoxy) is 1. The summed E-state index contributed by atoms with van der Waals surface area (Å²) in [5.41, 5.74) is 4.82. The predicted molar refractivity (Wildman–Crippen MR) is 113 cm³/mol. The molecule has 9 heteroatoms. The summed E-state index contributed by atoms with van der Waals surface area (Å²) >= 11 is 0. The van der Waals surface area contributed by atoms with Crippen LogP contribution in [0.15, 0.2) is 21.6 Å². The Morgan fingerprint density at radius 3 is 2.74 bits per heavy atom. The number of furan rings is 1. The number of nitrogens with zero attached hydrogens (tertiary/aromatic N) is 1. The number of carbonyl (C=O) groups excluding carboxylic acids is 1. The third-order valence-corrected chi connectivity index (χ3v) is 8.16. The van der Waals surface area contributed by atoms with Gasteiger partial charge in [0.2, 0.25) is 5.09 Å². The zero-order valence-electron chi connectivity index (χ0n) is 17.2. The molecule has 0 unspecified atom stereocenters. The highest BCUT2D eigenvalue weighted by molar-refractivity contribution is 7.89. The van der Waals surface area contributed by atoms with Crippen molar-refractivity contribution < 1.29 is 22.4 Å². The van der Waals surface area contributed by atoms with E-state index in [2.05, 4.69) is 21.0 Å². The lowest BCUT2D eigenvalue weighted by molar-refractivity contribution is 0.212. The molecular weight excluding hydrogens is 418 g/mol. The van der Waals surface area contributed by atoms with Crippen molar-refractivity contribution in [3.8, 4) is 5.75 Å². The molecule has 31 heavy (non-hydrogen) atoms. The minimum Gasteiger partial charge on any atom is -0.493 e. The van der Waals surface area contributed by atoms with Gasteiger partial charge in [-0.3, -0.25) is 4.90 Å². The van der Waals surface area contributed by atoms with Crippen LogP contribution in [0.3, 0.4) is 0 Å². The molecule has 1 aromatic heterocycles. The van der Waals surface area contributed by atoms with E-state index in [1.165, 1.54) is 5.56 Å². The fourth-order valence-corrected chi connectivity index (χ4v) is 6.37. The summed E-state index contributed by atoms with van der Waals surface area (Å²) in [6, 6.07) is 2.86. The second kappa shape index (κ2) is 7.00. The maximum atomic E-state index is 12.9. The molecule has 2 aromatic rings. The molecule has 0 saturated carbocycles. The number of urea groups is 1. The van der Waals surface area contributed by atoms with Crippen LogP contribution in [0.25, 0.3) is 0 Å². The van der Waals surface area contributed by atoms with Crippen LogP contribution in [0.5, 0.6) is 5.75 Å². The van der Waals surface area contributed by atoms with E-state index in [1.54, 1.807) is 6.07 Å². The molecular formula is C22H25N3O5S.